The van der Waals surface area contributed by atoms with Gasteiger partial charge in [-0.1, -0.05) is 22.9 Å². The van der Waals surface area contributed by atoms with E-state index in [1.807, 2.05) is 0 Å². The van der Waals surface area contributed by atoms with Crippen molar-refractivity contribution in [2.45, 2.75) is 37.0 Å². The molecular weight excluding hydrogens is 270 g/mol. The van der Waals surface area contributed by atoms with Crippen LogP contribution in [0.3, 0.4) is 0 Å². The maximum atomic E-state index is 5.24. The summed E-state index contributed by atoms with van der Waals surface area (Å²) in [5.74, 6) is 3.06. The van der Waals surface area contributed by atoms with Crippen molar-refractivity contribution in [1.82, 2.24) is 15.5 Å². The van der Waals surface area contributed by atoms with Crippen LogP contribution < -0.4 is 5.32 Å². The van der Waals surface area contributed by atoms with Crippen molar-refractivity contribution in [3.05, 3.63) is 41.5 Å². The number of nitrogens with one attached hydrogen (secondary N) is 1. The van der Waals surface area contributed by atoms with E-state index in [0.29, 0.717) is 12.4 Å². The molecule has 0 atom stereocenters. The highest BCUT2D eigenvalue weighted by Gasteiger charge is 2.20. The van der Waals surface area contributed by atoms with Crippen LogP contribution in [0.1, 0.15) is 30.1 Å². The molecule has 1 N–H and O–H groups in total. The summed E-state index contributed by atoms with van der Waals surface area (Å²) in [5.41, 5.74) is 1.27. The molecule has 0 aliphatic heterocycles. The third-order valence-electron chi connectivity index (χ3n) is 3.27. The average molecular weight is 289 g/mol. The number of benzene rings is 1. The van der Waals surface area contributed by atoms with Crippen molar-refractivity contribution < 1.29 is 4.52 Å². The molecule has 5 heteroatoms. The smallest absolute Gasteiger partial charge is 0.240 e. The van der Waals surface area contributed by atoms with Gasteiger partial charge in [-0.05, 0) is 44.4 Å². The highest BCUT2D eigenvalue weighted by molar-refractivity contribution is 7.98. The van der Waals surface area contributed by atoms with Gasteiger partial charge in [0, 0.05) is 4.90 Å². The summed E-state index contributed by atoms with van der Waals surface area (Å²) in [6.07, 6.45) is 2.71. The van der Waals surface area contributed by atoms with E-state index in [4.69, 9.17) is 4.52 Å². The van der Waals surface area contributed by atoms with Crippen LogP contribution in [0.5, 0.6) is 0 Å². The first-order chi connectivity index (χ1) is 9.79. The molecule has 1 fully saturated rings. The molecule has 2 aromatic rings. The molecule has 0 saturated heterocycles. The summed E-state index contributed by atoms with van der Waals surface area (Å²) in [5, 5.41) is 7.38. The lowest BCUT2D eigenvalue weighted by Crippen LogP contribution is -2.16. The van der Waals surface area contributed by atoms with Gasteiger partial charge >= 0.3 is 0 Å². The normalized spacial score (nSPS) is 14.7. The lowest BCUT2D eigenvalue weighted by atomic mass is 10.2. The largest absolute Gasteiger partial charge is 0.338 e. The molecule has 0 spiro atoms. The molecule has 1 saturated carbocycles. The minimum Gasteiger partial charge on any atom is -0.338 e. The van der Waals surface area contributed by atoms with E-state index in [1.165, 1.54) is 23.3 Å². The third-order valence-corrected chi connectivity index (χ3v) is 4.26. The first-order valence-corrected chi connectivity index (χ1v) is 8.00. The maximum Gasteiger partial charge on any atom is 0.240 e. The summed E-state index contributed by atoms with van der Waals surface area (Å²) < 4.78 is 5.24. The van der Waals surface area contributed by atoms with Crippen LogP contribution in [0.4, 0.5) is 0 Å². The van der Waals surface area contributed by atoms with E-state index in [1.54, 1.807) is 11.8 Å². The number of nitrogens with zero attached hydrogens (tertiary/aromatic N) is 2. The molecule has 1 aliphatic rings. The second-order valence-electron chi connectivity index (χ2n) is 5.28. The fraction of sp³-hybridized carbons (Fsp3) is 0.467. The molecular formula is C15H19N3OS. The van der Waals surface area contributed by atoms with Crippen LogP contribution in [0, 0.1) is 12.8 Å². The van der Waals surface area contributed by atoms with Crippen molar-refractivity contribution in [2.24, 2.45) is 5.92 Å². The summed E-state index contributed by atoms with van der Waals surface area (Å²) >= 11 is 1.73. The first-order valence-electron chi connectivity index (χ1n) is 7.01. The van der Waals surface area contributed by atoms with Crippen LogP contribution in [-0.2, 0) is 12.3 Å². The monoisotopic (exact) mass is 289 g/mol. The van der Waals surface area contributed by atoms with Gasteiger partial charge in [-0.25, -0.2) is 0 Å². The van der Waals surface area contributed by atoms with E-state index < -0.39 is 0 Å². The Morgan fingerprint density at radius 2 is 2.30 bits per heavy atom. The lowest BCUT2D eigenvalue weighted by Gasteiger charge is -1.99. The van der Waals surface area contributed by atoms with Gasteiger partial charge in [0.1, 0.15) is 0 Å². The van der Waals surface area contributed by atoms with Crippen LogP contribution in [-0.4, -0.2) is 16.7 Å². The molecule has 0 radical (unpaired) electrons. The minimum atomic E-state index is 0.679. The average Bonchev–Trinajstić information content (AvgIpc) is 3.15. The van der Waals surface area contributed by atoms with E-state index in [-0.39, 0.29) is 0 Å². The number of thioether (sulfide) groups is 1. The van der Waals surface area contributed by atoms with E-state index in [9.17, 15) is 0 Å². The number of hydrogen-bond donors (Lipinski definition) is 1. The molecule has 0 amide bonds. The zero-order valence-electron chi connectivity index (χ0n) is 11.6. The van der Waals surface area contributed by atoms with Crippen molar-refractivity contribution in [3.63, 3.8) is 0 Å². The van der Waals surface area contributed by atoms with Crippen LogP contribution in [0.2, 0.25) is 0 Å². The van der Waals surface area contributed by atoms with Crippen LogP contribution in [0.25, 0.3) is 0 Å². The van der Waals surface area contributed by atoms with Gasteiger partial charge in [0.2, 0.25) is 5.89 Å². The summed E-state index contributed by atoms with van der Waals surface area (Å²) in [4.78, 5) is 5.64. The van der Waals surface area contributed by atoms with Crippen molar-refractivity contribution in [3.8, 4) is 0 Å². The summed E-state index contributed by atoms with van der Waals surface area (Å²) in [6.45, 7) is 3.84. The topological polar surface area (TPSA) is 51.0 Å². The standard InChI is InChI=1S/C15H19N3OS/c1-11-3-2-4-13(7-11)20-10-14-17-15(19-18-14)9-16-8-12-5-6-12/h2-4,7,12,16H,5-6,8-10H2,1H3. The van der Waals surface area contributed by atoms with E-state index in [2.05, 4.69) is 46.6 Å². The van der Waals surface area contributed by atoms with Gasteiger partial charge in [0.05, 0.1) is 12.3 Å². The zero-order valence-corrected chi connectivity index (χ0v) is 12.4. The van der Waals surface area contributed by atoms with E-state index in [0.717, 1.165) is 24.0 Å². The molecule has 1 aromatic carbocycles. The molecule has 106 valence electrons. The Kier molecular flexibility index (Phi) is 4.38. The SMILES string of the molecule is Cc1cccc(SCc2noc(CNCC3CC3)n2)c1. The second-order valence-corrected chi connectivity index (χ2v) is 6.33. The Bertz CT molecular complexity index is 566. The minimum absolute atomic E-state index is 0.679. The number of aromatic nitrogens is 2. The summed E-state index contributed by atoms with van der Waals surface area (Å²) in [7, 11) is 0. The van der Waals surface area contributed by atoms with Gasteiger partial charge < -0.3 is 9.84 Å². The van der Waals surface area contributed by atoms with Gasteiger partial charge in [-0.15, -0.1) is 11.8 Å². The third kappa shape index (κ3) is 4.08. The predicted octanol–water partition coefficient (Wildman–Crippen LogP) is 3.17. The highest BCUT2D eigenvalue weighted by Crippen LogP contribution is 2.27. The van der Waals surface area contributed by atoms with Gasteiger partial charge in [-0.2, -0.15) is 4.98 Å². The molecule has 1 aliphatic carbocycles. The molecule has 0 unspecified atom stereocenters. The van der Waals surface area contributed by atoms with Crippen molar-refractivity contribution >= 4 is 11.8 Å². The number of aryl methyl sites for hydroxylation is 1. The molecule has 1 heterocycles. The Balaban J connectivity index is 1.46. The fourth-order valence-corrected chi connectivity index (χ4v) is 2.84. The van der Waals surface area contributed by atoms with Gasteiger partial charge in [0.15, 0.2) is 5.82 Å². The first kappa shape index (κ1) is 13.6. The Hall–Kier alpha value is -1.33. The summed E-state index contributed by atoms with van der Waals surface area (Å²) in [6, 6.07) is 8.45. The van der Waals surface area contributed by atoms with Gasteiger partial charge in [-0.3, -0.25) is 0 Å². The maximum absolute atomic E-state index is 5.24. The quantitative estimate of drug-likeness (QED) is 0.793. The molecule has 4 nitrogen and oxygen atoms in total. The van der Waals surface area contributed by atoms with Crippen LogP contribution >= 0.6 is 11.8 Å². The predicted molar refractivity (Wildman–Crippen MR) is 79.5 cm³/mol. The number of rotatable bonds is 7. The van der Waals surface area contributed by atoms with Gasteiger partial charge in [0.25, 0.3) is 0 Å². The number of hydrogen-bond acceptors (Lipinski definition) is 5. The Morgan fingerprint density at radius 1 is 1.40 bits per heavy atom. The van der Waals surface area contributed by atoms with Crippen LogP contribution in [0.15, 0.2) is 33.7 Å². The van der Waals surface area contributed by atoms with Crippen molar-refractivity contribution in [2.75, 3.05) is 6.54 Å². The molecule has 0 bridgehead atoms. The second kappa shape index (κ2) is 6.41. The van der Waals surface area contributed by atoms with Crippen molar-refractivity contribution in [1.29, 1.82) is 0 Å². The highest BCUT2D eigenvalue weighted by atomic mass is 32.2. The molecule has 20 heavy (non-hydrogen) atoms. The molecule has 3 rings (SSSR count). The van der Waals surface area contributed by atoms with E-state index >= 15 is 0 Å². The molecule has 1 aromatic heterocycles. The Labute approximate surface area is 123 Å². The fourth-order valence-electron chi connectivity index (χ4n) is 1.98. The Morgan fingerprint density at radius 3 is 3.10 bits per heavy atom. The lowest BCUT2D eigenvalue weighted by molar-refractivity contribution is 0.363. The zero-order chi connectivity index (χ0) is 13.8.